The predicted octanol–water partition coefficient (Wildman–Crippen LogP) is 14.0. The van der Waals surface area contributed by atoms with Gasteiger partial charge < -0.3 is 9.13 Å². The van der Waals surface area contributed by atoms with Gasteiger partial charge >= 0.3 is 0 Å². The number of benzene rings is 8. The molecule has 250 valence electrons. The topological polar surface area (TPSA) is 18.6 Å². The van der Waals surface area contributed by atoms with E-state index in [4.69, 9.17) is 13.1 Å². The van der Waals surface area contributed by atoms with Crippen molar-refractivity contribution >= 4 is 55.0 Å². The van der Waals surface area contributed by atoms with Crippen molar-refractivity contribution in [2.24, 2.45) is 0 Å². The fourth-order valence-corrected chi connectivity index (χ4v) is 8.25. The molecule has 2 aromatic heterocycles. The lowest BCUT2D eigenvalue weighted by atomic mass is 9.89. The van der Waals surface area contributed by atoms with Gasteiger partial charge in [-0.2, -0.15) is 0 Å². The van der Waals surface area contributed by atoms with Crippen LogP contribution in [0.25, 0.3) is 98.1 Å². The molecule has 0 spiro atoms. The monoisotopic (exact) mass is 686 g/mol. The zero-order chi connectivity index (χ0) is 36.2. The van der Waals surface area contributed by atoms with Crippen LogP contribution in [0.2, 0.25) is 0 Å². The van der Waals surface area contributed by atoms with Gasteiger partial charge in [0.25, 0.3) is 0 Å². The Bertz CT molecular complexity index is 3020. The minimum absolute atomic E-state index is 0.462. The number of nitrogens with zero attached hydrogens (tertiary/aromatic N) is 4. The van der Waals surface area contributed by atoms with Crippen molar-refractivity contribution in [3.8, 4) is 44.8 Å². The Kier molecular flexibility index (Phi) is 7.22. The van der Waals surface area contributed by atoms with Gasteiger partial charge in [0.2, 0.25) is 0 Å². The zero-order valence-corrected chi connectivity index (χ0v) is 29.1. The number of para-hydroxylation sites is 3. The van der Waals surface area contributed by atoms with Crippen molar-refractivity contribution in [2.75, 3.05) is 0 Å². The highest BCUT2D eigenvalue weighted by Crippen LogP contribution is 2.47. The molecular formula is C50H30N4. The van der Waals surface area contributed by atoms with Crippen LogP contribution in [0, 0.1) is 13.1 Å². The lowest BCUT2D eigenvalue weighted by Crippen LogP contribution is -2.02. The standard InChI is InChI=1S/C50H30N4/c1-51-43-23-15-24-44(52-2)49(43)35-30-40(33-16-5-3-6-17-33)50(41(31-35)34-18-7-4-8-19-34)54-47-27-14-11-22-39(47)42-32-36(28-29-48(42)54)53-45-25-12-9-20-37(45)38-21-10-13-26-46(38)53/h3-32H. The summed E-state index contributed by atoms with van der Waals surface area (Å²) in [6.07, 6.45) is 0. The number of aromatic nitrogens is 2. The molecule has 0 saturated heterocycles. The van der Waals surface area contributed by atoms with Gasteiger partial charge in [0.1, 0.15) is 0 Å². The molecule has 0 saturated carbocycles. The average Bonchev–Trinajstić information content (AvgIpc) is 3.76. The summed E-state index contributed by atoms with van der Waals surface area (Å²) in [5, 5.41) is 4.78. The van der Waals surface area contributed by atoms with E-state index in [2.05, 4.69) is 170 Å². The molecular weight excluding hydrogens is 657 g/mol. The first kappa shape index (κ1) is 31.1. The van der Waals surface area contributed by atoms with Gasteiger partial charge in [-0.3, -0.25) is 0 Å². The van der Waals surface area contributed by atoms with Crippen molar-refractivity contribution in [3.63, 3.8) is 0 Å². The van der Waals surface area contributed by atoms with E-state index < -0.39 is 0 Å². The van der Waals surface area contributed by atoms with Crippen molar-refractivity contribution in [3.05, 3.63) is 205 Å². The first-order chi connectivity index (χ1) is 26.7. The molecule has 0 aliphatic rings. The maximum Gasteiger partial charge on any atom is 0.184 e. The number of fused-ring (bicyclic) bond motifs is 6. The van der Waals surface area contributed by atoms with E-state index >= 15 is 0 Å². The number of hydrogen-bond donors (Lipinski definition) is 0. The van der Waals surface area contributed by atoms with Crippen LogP contribution in [0.3, 0.4) is 0 Å². The normalized spacial score (nSPS) is 11.3. The molecule has 0 aliphatic heterocycles. The summed E-state index contributed by atoms with van der Waals surface area (Å²) >= 11 is 0. The molecule has 0 radical (unpaired) electrons. The minimum Gasteiger partial charge on any atom is -0.309 e. The third-order valence-corrected chi connectivity index (χ3v) is 10.5. The minimum atomic E-state index is 0.462. The fraction of sp³-hybridized carbons (Fsp3) is 0. The molecule has 0 atom stereocenters. The van der Waals surface area contributed by atoms with Crippen LogP contribution in [-0.2, 0) is 0 Å². The van der Waals surface area contributed by atoms with E-state index in [-0.39, 0.29) is 0 Å². The molecule has 10 rings (SSSR count). The molecule has 0 unspecified atom stereocenters. The summed E-state index contributed by atoms with van der Waals surface area (Å²) < 4.78 is 4.78. The van der Waals surface area contributed by atoms with Crippen molar-refractivity contribution in [2.45, 2.75) is 0 Å². The quantitative estimate of drug-likeness (QED) is 0.161. The van der Waals surface area contributed by atoms with Gasteiger partial charge in [0, 0.05) is 38.4 Å². The molecule has 4 heteroatoms. The maximum atomic E-state index is 8.05. The SMILES string of the molecule is [C-]#[N+]c1cccc([N+]#[C-])c1-c1cc(-c2ccccc2)c(-n2c3ccccc3c3cc(-n4c5ccccc5c5ccccc54)ccc32)c(-c2ccccc2)c1. The fourth-order valence-electron chi connectivity index (χ4n) is 8.25. The molecule has 10 aromatic rings. The molecule has 0 amide bonds. The molecule has 0 fully saturated rings. The third kappa shape index (κ3) is 4.76. The van der Waals surface area contributed by atoms with Crippen LogP contribution >= 0.6 is 0 Å². The van der Waals surface area contributed by atoms with Crippen LogP contribution in [-0.4, -0.2) is 9.13 Å². The van der Waals surface area contributed by atoms with E-state index in [1.54, 1.807) is 18.2 Å². The van der Waals surface area contributed by atoms with E-state index in [1.165, 1.54) is 21.8 Å². The summed E-state index contributed by atoms with van der Waals surface area (Å²) in [4.78, 5) is 7.76. The van der Waals surface area contributed by atoms with Crippen LogP contribution in [0.1, 0.15) is 0 Å². The molecule has 4 nitrogen and oxygen atoms in total. The van der Waals surface area contributed by atoms with Gasteiger partial charge in [-0.25, -0.2) is 9.69 Å². The molecule has 0 aliphatic carbocycles. The lowest BCUT2D eigenvalue weighted by molar-refractivity contribution is 1.17. The zero-order valence-electron chi connectivity index (χ0n) is 29.1. The summed E-state index contributed by atoms with van der Waals surface area (Å²) in [7, 11) is 0. The Morgan fingerprint density at radius 1 is 0.352 bits per heavy atom. The van der Waals surface area contributed by atoms with E-state index in [1.807, 2.05) is 12.1 Å². The van der Waals surface area contributed by atoms with Gasteiger partial charge in [0.05, 0.1) is 40.9 Å². The first-order valence-corrected chi connectivity index (χ1v) is 17.9. The molecule has 8 aromatic carbocycles. The van der Waals surface area contributed by atoms with Gasteiger partial charge in [-0.05, 0) is 70.8 Å². The van der Waals surface area contributed by atoms with E-state index in [0.29, 0.717) is 16.9 Å². The maximum absolute atomic E-state index is 8.05. The van der Waals surface area contributed by atoms with Crippen molar-refractivity contribution in [1.29, 1.82) is 0 Å². The Balaban J connectivity index is 1.33. The van der Waals surface area contributed by atoms with E-state index in [9.17, 15) is 0 Å². The summed E-state index contributed by atoms with van der Waals surface area (Å²) in [6, 6.07) is 63.4. The number of hydrogen-bond acceptors (Lipinski definition) is 0. The molecule has 2 heterocycles. The first-order valence-electron chi connectivity index (χ1n) is 17.9. The highest BCUT2D eigenvalue weighted by molar-refractivity contribution is 6.13. The van der Waals surface area contributed by atoms with Gasteiger partial charge in [-0.1, -0.05) is 133 Å². The molecule has 0 N–H and O–H groups in total. The van der Waals surface area contributed by atoms with Crippen molar-refractivity contribution < 1.29 is 0 Å². The average molecular weight is 687 g/mol. The third-order valence-electron chi connectivity index (χ3n) is 10.5. The number of rotatable bonds is 5. The molecule has 54 heavy (non-hydrogen) atoms. The summed E-state index contributed by atoms with van der Waals surface area (Å²) in [5.74, 6) is 0. The Labute approximate surface area is 312 Å². The largest absolute Gasteiger partial charge is 0.309 e. The summed E-state index contributed by atoms with van der Waals surface area (Å²) in [6.45, 7) is 16.1. The van der Waals surface area contributed by atoms with Crippen LogP contribution < -0.4 is 0 Å². The molecule has 0 bridgehead atoms. The van der Waals surface area contributed by atoms with Crippen molar-refractivity contribution in [1.82, 2.24) is 9.13 Å². The second-order valence-corrected chi connectivity index (χ2v) is 13.5. The Hall–Kier alpha value is -7.66. The smallest absolute Gasteiger partial charge is 0.184 e. The highest BCUT2D eigenvalue weighted by atomic mass is 15.0. The lowest BCUT2D eigenvalue weighted by Gasteiger charge is -2.22. The predicted molar refractivity (Wildman–Crippen MR) is 224 cm³/mol. The van der Waals surface area contributed by atoms with Crippen LogP contribution in [0.4, 0.5) is 11.4 Å². The second kappa shape index (κ2) is 12.5. The Morgan fingerprint density at radius 3 is 1.31 bits per heavy atom. The van der Waals surface area contributed by atoms with Gasteiger partial charge in [0.15, 0.2) is 11.4 Å². The van der Waals surface area contributed by atoms with E-state index in [0.717, 1.165) is 61.0 Å². The summed E-state index contributed by atoms with van der Waals surface area (Å²) in [5.41, 5.74) is 13.2. The highest BCUT2D eigenvalue weighted by Gasteiger charge is 2.23. The van der Waals surface area contributed by atoms with Gasteiger partial charge in [-0.15, -0.1) is 0 Å². The second-order valence-electron chi connectivity index (χ2n) is 13.5. The Morgan fingerprint density at radius 2 is 0.796 bits per heavy atom. The van der Waals surface area contributed by atoms with Crippen LogP contribution in [0.15, 0.2) is 182 Å². The van der Waals surface area contributed by atoms with Crippen LogP contribution in [0.5, 0.6) is 0 Å².